The average Bonchev–Trinajstić information content (AvgIpc) is 2.09. The Balaban J connectivity index is 2.47. The van der Waals surface area contributed by atoms with Gasteiger partial charge < -0.3 is 10.0 Å². The third kappa shape index (κ3) is 3.58. The van der Waals surface area contributed by atoms with Gasteiger partial charge in [0.05, 0.1) is 6.54 Å². The van der Waals surface area contributed by atoms with Gasteiger partial charge in [0.1, 0.15) is 0 Å². The van der Waals surface area contributed by atoms with E-state index < -0.39 is 24.1 Å². The van der Waals surface area contributed by atoms with E-state index in [0.717, 1.165) is 4.90 Å². The van der Waals surface area contributed by atoms with Crippen LogP contribution < -0.4 is 0 Å². The smallest absolute Gasteiger partial charge is 0.471 e. The van der Waals surface area contributed by atoms with Gasteiger partial charge >= 0.3 is 18.1 Å². The number of alkyl halides is 3. The minimum absolute atomic E-state index is 0.0733. The molecule has 8 heteroatoms. The van der Waals surface area contributed by atoms with Crippen LogP contribution in [0.3, 0.4) is 0 Å². The molecule has 0 saturated carbocycles. The van der Waals surface area contributed by atoms with Crippen LogP contribution in [-0.4, -0.2) is 65.7 Å². The summed E-state index contributed by atoms with van der Waals surface area (Å²) in [6, 6.07) is -0.548. The van der Waals surface area contributed by atoms with Gasteiger partial charge in [-0.2, -0.15) is 13.2 Å². The molecular formula is C9H13F3N2O3. The molecule has 1 atom stereocenters. The minimum Gasteiger partial charge on any atom is -0.480 e. The van der Waals surface area contributed by atoms with E-state index in [2.05, 4.69) is 0 Å². The highest BCUT2D eigenvalue weighted by atomic mass is 19.4. The number of hydrogen-bond donors (Lipinski definition) is 1. The van der Waals surface area contributed by atoms with Crippen LogP contribution in [0.2, 0.25) is 0 Å². The summed E-state index contributed by atoms with van der Waals surface area (Å²) in [5.74, 6) is -2.90. The molecule has 0 radical (unpaired) electrons. The summed E-state index contributed by atoms with van der Waals surface area (Å²) in [5, 5.41) is 8.49. The molecule has 1 heterocycles. The molecule has 0 aromatic heterocycles. The van der Waals surface area contributed by atoms with Crippen LogP contribution in [0.1, 0.15) is 6.42 Å². The molecule has 1 saturated heterocycles. The fourth-order valence-corrected chi connectivity index (χ4v) is 1.72. The lowest BCUT2D eigenvalue weighted by Crippen LogP contribution is -2.59. The zero-order valence-electron chi connectivity index (χ0n) is 9.20. The second-order valence-electron chi connectivity index (χ2n) is 4.03. The molecule has 0 bridgehead atoms. The van der Waals surface area contributed by atoms with Gasteiger partial charge in [-0.05, 0) is 13.5 Å². The first-order chi connectivity index (χ1) is 7.71. The number of likely N-dealkylation sites (N-methyl/N-ethyl adjacent to an activating group) is 1. The molecule has 0 spiro atoms. The van der Waals surface area contributed by atoms with Gasteiger partial charge in [-0.3, -0.25) is 14.5 Å². The van der Waals surface area contributed by atoms with Crippen LogP contribution in [0.15, 0.2) is 0 Å². The number of carbonyl (C=O) groups is 2. The first-order valence-corrected chi connectivity index (χ1v) is 5.00. The number of halogens is 3. The fraction of sp³-hybridized carbons (Fsp3) is 0.778. The monoisotopic (exact) mass is 254 g/mol. The maximum Gasteiger partial charge on any atom is 0.471 e. The molecule has 1 N–H and O–H groups in total. The predicted molar refractivity (Wildman–Crippen MR) is 51.3 cm³/mol. The largest absolute Gasteiger partial charge is 0.480 e. The Labute approximate surface area is 95.8 Å². The van der Waals surface area contributed by atoms with Gasteiger partial charge in [0.25, 0.3) is 0 Å². The highest BCUT2D eigenvalue weighted by molar-refractivity contribution is 5.82. The van der Waals surface area contributed by atoms with Crippen molar-refractivity contribution in [1.82, 2.24) is 9.80 Å². The van der Waals surface area contributed by atoms with Crippen molar-refractivity contribution in [3.63, 3.8) is 0 Å². The second kappa shape index (κ2) is 4.91. The molecule has 1 rings (SSSR count). The SMILES string of the molecule is CN(CC(=O)O)CC1CCN1C(=O)C(F)(F)F. The summed E-state index contributed by atoms with van der Waals surface area (Å²) in [6.07, 6.45) is -4.39. The summed E-state index contributed by atoms with van der Waals surface area (Å²) in [7, 11) is 1.49. The molecule has 5 nitrogen and oxygen atoms in total. The number of nitrogens with zero attached hydrogens (tertiary/aromatic N) is 2. The third-order valence-corrected chi connectivity index (χ3v) is 2.57. The normalized spacial score (nSPS) is 20.3. The summed E-state index contributed by atoms with van der Waals surface area (Å²) in [6.45, 7) is -0.0530. The third-order valence-electron chi connectivity index (χ3n) is 2.57. The Morgan fingerprint density at radius 2 is 2.06 bits per heavy atom. The Bertz CT molecular complexity index is 319. The number of hydrogen-bond acceptors (Lipinski definition) is 3. The van der Waals surface area contributed by atoms with Gasteiger partial charge in [0.2, 0.25) is 0 Å². The van der Waals surface area contributed by atoms with Crippen molar-refractivity contribution in [3.8, 4) is 0 Å². The molecule has 1 amide bonds. The lowest BCUT2D eigenvalue weighted by atomic mass is 10.0. The number of carbonyl (C=O) groups excluding carboxylic acids is 1. The van der Waals surface area contributed by atoms with Crippen LogP contribution in [0.4, 0.5) is 13.2 Å². The molecule has 0 aromatic carbocycles. The zero-order valence-corrected chi connectivity index (χ0v) is 9.20. The standard InChI is InChI=1S/C9H13F3N2O3/c1-13(5-7(15)16)4-6-2-3-14(6)8(17)9(10,11)12/h6H,2-5H2,1H3,(H,15,16). The highest BCUT2D eigenvalue weighted by Gasteiger charge is 2.47. The van der Waals surface area contributed by atoms with E-state index in [-0.39, 0.29) is 19.6 Å². The molecule has 17 heavy (non-hydrogen) atoms. The van der Waals surface area contributed by atoms with Crippen molar-refractivity contribution >= 4 is 11.9 Å². The molecule has 1 aliphatic heterocycles. The van der Waals surface area contributed by atoms with Gasteiger partial charge in [-0.25, -0.2) is 0 Å². The Morgan fingerprint density at radius 3 is 2.41 bits per heavy atom. The Morgan fingerprint density at radius 1 is 1.47 bits per heavy atom. The fourth-order valence-electron chi connectivity index (χ4n) is 1.72. The van der Waals surface area contributed by atoms with E-state index in [1.165, 1.54) is 11.9 Å². The van der Waals surface area contributed by atoms with E-state index >= 15 is 0 Å². The molecule has 98 valence electrons. The number of amides is 1. The van der Waals surface area contributed by atoms with Crippen LogP contribution in [0.5, 0.6) is 0 Å². The maximum absolute atomic E-state index is 12.1. The predicted octanol–water partition coefficient (Wildman–Crippen LogP) is 0.166. The van der Waals surface area contributed by atoms with Crippen molar-refractivity contribution in [1.29, 1.82) is 0 Å². The number of carboxylic acids is 1. The Hall–Kier alpha value is -1.31. The highest BCUT2D eigenvalue weighted by Crippen LogP contribution is 2.26. The van der Waals surface area contributed by atoms with Crippen molar-refractivity contribution in [2.45, 2.75) is 18.6 Å². The first kappa shape index (κ1) is 13.8. The maximum atomic E-state index is 12.1. The van der Waals surface area contributed by atoms with Crippen LogP contribution in [0.25, 0.3) is 0 Å². The molecule has 1 fully saturated rings. The van der Waals surface area contributed by atoms with Crippen molar-refractivity contribution < 1.29 is 27.9 Å². The van der Waals surface area contributed by atoms with Crippen molar-refractivity contribution in [2.75, 3.05) is 26.7 Å². The van der Waals surface area contributed by atoms with Gasteiger partial charge in [0, 0.05) is 19.1 Å². The van der Waals surface area contributed by atoms with Crippen molar-refractivity contribution in [3.05, 3.63) is 0 Å². The average molecular weight is 254 g/mol. The lowest BCUT2D eigenvalue weighted by Gasteiger charge is -2.42. The molecule has 0 aromatic rings. The first-order valence-electron chi connectivity index (χ1n) is 5.00. The van der Waals surface area contributed by atoms with E-state index in [0.29, 0.717) is 6.42 Å². The van der Waals surface area contributed by atoms with Gasteiger partial charge in [0.15, 0.2) is 0 Å². The lowest BCUT2D eigenvalue weighted by molar-refractivity contribution is -0.193. The van der Waals surface area contributed by atoms with Gasteiger partial charge in [-0.1, -0.05) is 0 Å². The van der Waals surface area contributed by atoms with Crippen LogP contribution in [0, 0.1) is 0 Å². The molecule has 0 aliphatic carbocycles. The van der Waals surface area contributed by atoms with Crippen LogP contribution >= 0.6 is 0 Å². The quantitative estimate of drug-likeness (QED) is 0.776. The number of carboxylic acid groups (broad SMARTS) is 1. The van der Waals surface area contributed by atoms with Crippen molar-refractivity contribution in [2.24, 2.45) is 0 Å². The zero-order chi connectivity index (χ0) is 13.2. The topological polar surface area (TPSA) is 60.9 Å². The van der Waals surface area contributed by atoms with Crippen LogP contribution in [-0.2, 0) is 9.59 Å². The Kier molecular flexibility index (Phi) is 3.97. The molecular weight excluding hydrogens is 241 g/mol. The van der Waals surface area contributed by atoms with Gasteiger partial charge in [-0.15, -0.1) is 0 Å². The van der Waals surface area contributed by atoms with E-state index in [9.17, 15) is 22.8 Å². The summed E-state index contributed by atoms with van der Waals surface area (Å²) >= 11 is 0. The van der Waals surface area contributed by atoms with E-state index in [1.807, 2.05) is 0 Å². The number of likely N-dealkylation sites (tertiary alicyclic amines) is 1. The summed E-state index contributed by atoms with van der Waals surface area (Å²) in [5.41, 5.74) is 0. The second-order valence-corrected chi connectivity index (χ2v) is 4.03. The van der Waals surface area contributed by atoms with E-state index in [1.54, 1.807) is 0 Å². The molecule has 1 unspecified atom stereocenters. The number of rotatable bonds is 4. The summed E-state index contributed by atoms with van der Waals surface area (Å²) < 4.78 is 36.4. The number of aliphatic carboxylic acids is 1. The minimum atomic E-state index is -4.86. The van der Waals surface area contributed by atoms with E-state index in [4.69, 9.17) is 5.11 Å². The summed E-state index contributed by atoms with van der Waals surface area (Å²) in [4.78, 5) is 23.4. The molecule has 1 aliphatic rings.